The molecule has 0 saturated carbocycles. The van der Waals surface area contributed by atoms with Gasteiger partial charge in [-0.1, -0.05) is 22.5 Å². The lowest BCUT2D eigenvalue weighted by Crippen LogP contribution is -2.30. The average Bonchev–Trinajstić information content (AvgIpc) is 1.79. The molecule has 1 amide bonds. The van der Waals surface area contributed by atoms with Crippen LogP contribution >= 0.6 is 15.9 Å². The molecule has 0 spiro atoms. The number of hydrogen-bond donors (Lipinski definition) is 1. The van der Waals surface area contributed by atoms with Crippen molar-refractivity contribution in [3.8, 4) is 0 Å². The number of rotatable bonds is 4. The Kier molecular flexibility index (Phi) is 4.47. The Hall–Kier alpha value is -0.360. The van der Waals surface area contributed by atoms with Crippen LogP contribution in [0.5, 0.6) is 0 Å². The highest BCUT2D eigenvalue weighted by atomic mass is 79.9. The minimum absolute atomic E-state index is 0.244. The molecule has 6 heteroatoms. The van der Waals surface area contributed by atoms with E-state index in [0.29, 0.717) is 4.48 Å². The molecule has 12 heavy (non-hydrogen) atoms. The molecule has 0 aromatic carbocycles. The summed E-state index contributed by atoms with van der Waals surface area (Å²) in [5.74, 6) is -0.995. The Balaban J connectivity index is 3.84. The maximum atomic E-state index is 10.8. The maximum Gasteiger partial charge on any atom is 0.235 e. The van der Waals surface area contributed by atoms with Crippen LogP contribution in [0.1, 0.15) is 0 Å². The van der Waals surface area contributed by atoms with Gasteiger partial charge in [0.05, 0.1) is 0 Å². The summed E-state index contributed by atoms with van der Waals surface area (Å²) in [7, 11) is -3.23. The Morgan fingerprint density at radius 1 is 1.58 bits per heavy atom. The van der Waals surface area contributed by atoms with Crippen molar-refractivity contribution in [1.29, 1.82) is 0 Å². The topological polar surface area (TPSA) is 63.2 Å². The lowest BCUT2D eigenvalue weighted by molar-refractivity contribution is -0.118. The molecule has 0 heterocycles. The van der Waals surface area contributed by atoms with Gasteiger partial charge in [-0.3, -0.25) is 4.79 Å². The van der Waals surface area contributed by atoms with E-state index in [2.05, 4.69) is 27.8 Å². The summed E-state index contributed by atoms with van der Waals surface area (Å²) in [5, 5.41) is 2.37. The van der Waals surface area contributed by atoms with Crippen molar-refractivity contribution >= 4 is 31.7 Å². The molecule has 0 rings (SSSR count). The molecule has 0 aliphatic rings. The van der Waals surface area contributed by atoms with Gasteiger partial charge in [0.1, 0.15) is 5.75 Å². The third kappa shape index (κ3) is 7.74. The molecule has 0 aromatic heterocycles. The Bertz CT molecular complexity index is 283. The summed E-state index contributed by atoms with van der Waals surface area (Å²) in [5.41, 5.74) is 0. The molecule has 0 radical (unpaired) electrons. The first kappa shape index (κ1) is 11.6. The van der Waals surface area contributed by atoms with E-state index >= 15 is 0 Å². The van der Waals surface area contributed by atoms with Crippen molar-refractivity contribution < 1.29 is 13.2 Å². The lowest BCUT2D eigenvalue weighted by Gasteiger charge is -2.01. The van der Waals surface area contributed by atoms with Crippen molar-refractivity contribution in [3.05, 3.63) is 11.1 Å². The monoisotopic (exact) mass is 255 g/mol. The lowest BCUT2D eigenvalue weighted by atomic mass is 10.6. The SMILES string of the molecule is C=C(Br)CNC(=O)CS(C)(=O)=O. The number of sulfone groups is 1. The van der Waals surface area contributed by atoms with Gasteiger partial charge in [-0.15, -0.1) is 0 Å². The van der Waals surface area contributed by atoms with Gasteiger partial charge in [-0.05, 0) is 0 Å². The molecular weight excluding hydrogens is 246 g/mol. The normalized spacial score (nSPS) is 10.8. The van der Waals surface area contributed by atoms with Crippen molar-refractivity contribution in [2.75, 3.05) is 18.6 Å². The standard InChI is InChI=1S/C6H10BrNO3S/c1-5(7)3-8-6(9)4-12(2,10)11/h1,3-4H2,2H3,(H,8,9). The number of amides is 1. The minimum Gasteiger partial charge on any atom is -0.351 e. The van der Waals surface area contributed by atoms with E-state index < -0.39 is 21.5 Å². The maximum absolute atomic E-state index is 10.8. The number of hydrogen-bond acceptors (Lipinski definition) is 3. The fourth-order valence-corrected chi connectivity index (χ4v) is 1.20. The molecule has 1 N–H and O–H groups in total. The molecule has 0 aliphatic carbocycles. The highest BCUT2D eigenvalue weighted by molar-refractivity contribution is 9.11. The van der Waals surface area contributed by atoms with E-state index in [4.69, 9.17) is 0 Å². The van der Waals surface area contributed by atoms with E-state index in [-0.39, 0.29) is 6.54 Å². The summed E-state index contributed by atoms with van der Waals surface area (Å²) < 4.78 is 21.8. The van der Waals surface area contributed by atoms with Gasteiger partial charge in [0.25, 0.3) is 0 Å². The molecule has 0 saturated heterocycles. The van der Waals surface area contributed by atoms with Gasteiger partial charge in [0.2, 0.25) is 5.91 Å². The molecule has 0 atom stereocenters. The van der Waals surface area contributed by atoms with E-state index in [1.54, 1.807) is 0 Å². The molecular formula is C6H10BrNO3S. The van der Waals surface area contributed by atoms with E-state index in [0.717, 1.165) is 6.26 Å². The smallest absolute Gasteiger partial charge is 0.235 e. The average molecular weight is 256 g/mol. The van der Waals surface area contributed by atoms with Crippen molar-refractivity contribution in [2.24, 2.45) is 0 Å². The van der Waals surface area contributed by atoms with Crippen LogP contribution in [-0.4, -0.2) is 32.9 Å². The predicted molar refractivity (Wildman–Crippen MR) is 50.8 cm³/mol. The van der Waals surface area contributed by atoms with Crippen molar-refractivity contribution in [2.45, 2.75) is 0 Å². The predicted octanol–water partition coefficient (Wildman–Crippen LogP) is 0.0558. The van der Waals surface area contributed by atoms with Gasteiger partial charge in [0.15, 0.2) is 9.84 Å². The van der Waals surface area contributed by atoms with Crippen LogP contribution in [0.15, 0.2) is 11.1 Å². The quantitative estimate of drug-likeness (QED) is 0.773. The minimum atomic E-state index is -3.23. The zero-order chi connectivity index (χ0) is 9.78. The highest BCUT2D eigenvalue weighted by Crippen LogP contribution is 1.96. The first-order valence-corrected chi connectivity index (χ1v) is 5.94. The highest BCUT2D eigenvalue weighted by Gasteiger charge is 2.09. The van der Waals surface area contributed by atoms with E-state index in [9.17, 15) is 13.2 Å². The second kappa shape index (κ2) is 4.61. The van der Waals surface area contributed by atoms with E-state index in [1.165, 1.54) is 0 Å². The van der Waals surface area contributed by atoms with Crippen molar-refractivity contribution in [1.82, 2.24) is 5.32 Å². The first-order valence-electron chi connectivity index (χ1n) is 3.09. The second-order valence-electron chi connectivity index (χ2n) is 2.36. The Morgan fingerprint density at radius 3 is 2.42 bits per heavy atom. The molecule has 0 aromatic rings. The number of halogens is 1. The molecule has 70 valence electrons. The summed E-state index contributed by atoms with van der Waals surface area (Å²) in [6.45, 7) is 3.72. The summed E-state index contributed by atoms with van der Waals surface area (Å²) in [6.07, 6.45) is 1.01. The van der Waals surface area contributed by atoms with Gasteiger partial charge < -0.3 is 5.32 Å². The van der Waals surface area contributed by atoms with Crippen LogP contribution < -0.4 is 5.32 Å². The van der Waals surface area contributed by atoms with Crippen LogP contribution in [0.2, 0.25) is 0 Å². The molecule has 0 unspecified atom stereocenters. The third-order valence-corrected chi connectivity index (χ3v) is 1.94. The van der Waals surface area contributed by atoms with Crippen molar-refractivity contribution in [3.63, 3.8) is 0 Å². The Labute approximate surface area is 80.1 Å². The zero-order valence-corrected chi connectivity index (χ0v) is 9.03. The summed E-state index contributed by atoms with van der Waals surface area (Å²) >= 11 is 3.02. The summed E-state index contributed by atoms with van der Waals surface area (Å²) in [6, 6.07) is 0. The van der Waals surface area contributed by atoms with Gasteiger partial charge in [0, 0.05) is 17.3 Å². The number of carbonyl (C=O) groups excluding carboxylic acids is 1. The number of carbonyl (C=O) groups is 1. The largest absolute Gasteiger partial charge is 0.351 e. The molecule has 4 nitrogen and oxygen atoms in total. The van der Waals surface area contributed by atoms with Crippen LogP contribution in [0.25, 0.3) is 0 Å². The summed E-state index contributed by atoms with van der Waals surface area (Å²) in [4.78, 5) is 10.8. The fourth-order valence-electron chi connectivity index (χ4n) is 0.484. The van der Waals surface area contributed by atoms with Crippen LogP contribution in [0.4, 0.5) is 0 Å². The van der Waals surface area contributed by atoms with Gasteiger partial charge >= 0.3 is 0 Å². The van der Waals surface area contributed by atoms with Gasteiger partial charge in [-0.2, -0.15) is 0 Å². The number of nitrogens with one attached hydrogen (secondary N) is 1. The Morgan fingerprint density at radius 2 is 2.08 bits per heavy atom. The molecule has 0 bridgehead atoms. The molecule has 0 aliphatic heterocycles. The second-order valence-corrected chi connectivity index (χ2v) is 5.63. The third-order valence-electron chi connectivity index (χ3n) is 0.871. The molecule has 0 fully saturated rings. The van der Waals surface area contributed by atoms with Crippen LogP contribution in [0, 0.1) is 0 Å². The van der Waals surface area contributed by atoms with Crippen LogP contribution in [-0.2, 0) is 14.6 Å². The van der Waals surface area contributed by atoms with E-state index in [1.807, 2.05) is 0 Å². The van der Waals surface area contributed by atoms with Crippen LogP contribution in [0.3, 0.4) is 0 Å². The first-order chi connectivity index (χ1) is 5.31. The fraction of sp³-hybridized carbons (Fsp3) is 0.500. The zero-order valence-electron chi connectivity index (χ0n) is 6.63. The van der Waals surface area contributed by atoms with Gasteiger partial charge in [-0.25, -0.2) is 8.42 Å².